The number of rotatable bonds is 6. The first kappa shape index (κ1) is 13.6. The van der Waals surface area contributed by atoms with Gasteiger partial charge in [-0.2, -0.15) is 5.10 Å². The van der Waals surface area contributed by atoms with E-state index in [1.807, 2.05) is 17.9 Å². The molecule has 0 amide bonds. The maximum Gasteiger partial charge on any atom is 0.0534 e. The maximum atomic E-state index is 4.23. The third-order valence-electron chi connectivity index (χ3n) is 4.03. The van der Waals surface area contributed by atoms with E-state index >= 15 is 0 Å². The number of hydrogen-bond acceptors (Lipinski definition) is 3. The van der Waals surface area contributed by atoms with Gasteiger partial charge in [0.1, 0.15) is 0 Å². The van der Waals surface area contributed by atoms with Crippen molar-refractivity contribution in [3.05, 3.63) is 18.0 Å². The van der Waals surface area contributed by atoms with Gasteiger partial charge in [0.15, 0.2) is 0 Å². The third-order valence-corrected chi connectivity index (χ3v) is 4.03. The molecule has 4 nitrogen and oxygen atoms in total. The predicted molar refractivity (Wildman–Crippen MR) is 74.4 cm³/mol. The van der Waals surface area contributed by atoms with Crippen LogP contribution in [0.5, 0.6) is 0 Å². The molecule has 0 atom stereocenters. The van der Waals surface area contributed by atoms with E-state index in [0.717, 1.165) is 13.1 Å². The van der Waals surface area contributed by atoms with Crippen molar-refractivity contribution >= 4 is 0 Å². The number of nitrogens with zero attached hydrogens (tertiary/aromatic N) is 3. The van der Waals surface area contributed by atoms with Gasteiger partial charge in [0, 0.05) is 38.4 Å². The standard InChI is InChI=1S/C14H26N4/c1-15-11-14(6-4-5-7-14)12-17(2)9-13-8-16-18(3)10-13/h8,10,15H,4-7,9,11-12H2,1-3H3. The minimum absolute atomic E-state index is 0.492. The predicted octanol–water partition coefficient (Wildman–Crippen LogP) is 1.63. The van der Waals surface area contributed by atoms with E-state index in [1.165, 1.54) is 37.8 Å². The van der Waals surface area contributed by atoms with Gasteiger partial charge in [0.25, 0.3) is 0 Å². The summed E-state index contributed by atoms with van der Waals surface area (Å²) < 4.78 is 1.88. The molecule has 0 unspecified atom stereocenters. The summed E-state index contributed by atoms with van der Waals surface area (Å²) in [6.07, 6.45) is 9.59. The van der Waals surface area contributed by atoms with Crippen molar-refractivity contribution in [1.29, 1.82) is 0 Å². The molecule has 4 heteroatoms. The van der Waals surface area contributed by atoms with Gasteiger partial charge in [0.2, 0.25) is 0 Å². The Bertz CT molecular complexity index is 366. The van der Waals surface area contributed by atoms with Crippen molar-refractivity contribution in [2.24, 2.45) is 12.5 Å². The molecule has 0 spiro atoms. The molecule has 1 aromatic rings. The van der Waals surface area contributed by atoms with E-state index in [1.54, 1.807) is 0 Å². The normalized spacial score (nSPS) is 18.7. The first-order valence-electron chi connectivity index (χ1n) is 6.94. The summed E-state index contributed by atoms with van der Waals surface area (Å²) in [5.74, 6) is 0. The zero-order chi connectivity index (χ0) is 13.0. The van der Waals surface area contributed by atoms with Crippen molar-refractivity contribution in [2.45, 2.75) is 32.2 Å². The van der Waals surface area contributed by atoms with Crippen LogP contribution in [0.2, 0.25) is 0 Å². The van der Waals surface area contributed by atoms with E-state index in [4.69, 9.17) is 0 Å². The second-order valence-corrected chi connectivity index (χ2v) is 5.93. The van der Waals surface area contributed by atoms with Crippen LogP contribution in [0.15, 0.2) is 12.4 Å². The van der Waals surface area contributed by atoms with Crippen LogP contribution in [0, 0.1) is 5.41 Å². The van der Waals surface area contributed by atoms with Gasteiger partial charge in [-0.1, -0.05) is 12.8 Å². The summed E-state index contributed by atoms with van der Waals surface area (Å²) >= 11 is 0. The fraction of sp³-hybridized carbons (Fsp3) is 0.786. The average Bonchev–Trinajstić information content (AvgIpc) is 2.89. The van der Waals surface area contributed by atoms with Crippen LogP contribution in [0.3, 0.4) is 0 Å². The summed E-state index contributed by atoms with van der Waals surface area (Å²) in [7, 11) is 6.27. The molecular weight excluding hydrogens is 224 g/mol. The van der Waals surface area contributed by atoms with Crippen molar-refractivity contribution in [3.8, 4) is 0 Å². The lowest BCUT2D eigenvalue weighted by Gasteiger charge is -2.33. The summed E-state index contributed by atoms with van der Waals surface area (Å²) in [4.78, 5) is 2.44. The van der Waals surface area contributed by atoms with Gasteiger partial charge in [-0.3, -0.25) is 4.68 Å². The molecule has 2 rings (SSSR count). The smallest absolute Gasteiger partial charge is 0.0534 e. The molecule has 1 aromatic heterocycles. The number of aromatic nitrogens is 2. The Hall–Kier alpha value is -0.870. The highest BCUT2D eigenvalue weighted by Crippen LogP contribution is 2.38. The summed E-state index contributed by atoms with van der Waals surface area (Å²) in [5, 5.41) is 7.61. The van der Waals surface area contributed by atoms with Crippen LogP contribution >= 0.6 is 0 Å². The Kier molecular flexibility index (Phi) is 4.40. The summed E-state index contributed by atoms with van der Waals surface area (Å²) in [6, 6.07) is 0. The Morgan fingerprint density at radius 2 is 2.17 bits per heavy atom. The number of nitrogens with one attached hydrogen (secondary N) is 1. The van der Waals surface area contributed by atoms with Crippen LogP contribution in [0.4, 0.5) is 0 Å². The van der Waals surface area contributed by atoms with Gasteiger partial charge in [0.05, 0.1) is 6.20 Å². The van der Waals surface area contributed by atoms with Crippen LogP contribution in [0.1, 0.15) is 31.2 Å². The van der Waals surface area contributed by atoms with Crippen LogP contribution in [-0.4, -0.2) is 41.9 Å². The molecule has 102 valence electrons. The zero-order valence-electron chi connectivity index (χ0n) is 11.9. The van der Waals surface area contributed by atoms with Gasteiger partial charge in [-0.05, 0) is 32.4 Å². The zero-order valence-corrected chi connectivity index (χ0v) is 11.9. The molecule has 1 aliphatic carbocycles. The van der Waals surface area contributed by atoms with Gasteiger partial charge < -0.3 is 10.2 Å². The Morgan fingerprint density at radius 3 is 2.72 bits per heavy atom. The molecule has 1 fully saturated rings. The maximum absolute atomic E-state index is 4.23. The molecule has 0 aromatic carbocycles. The van der Waals surface area contributed by atoms with E-state index in [0.29, 0.717) is 5.41 Å². The minimum atomic E-state index is 0.492. The van der Waals surface area contributed by atoms with Crippen LogP contribution in [-0.2, 0) is 13.6 Å². The quantitative estimate of drug-likeness (QED) is 0.833. The fourth-order valence-electron chi connectivity index (χ4n) is 3.38. The third kappa shape index (κ3) is 3.33. The summed E-state index contributed by atoms with van der Waals surface area (Å²) in [5.41, 5.74) is 1.80. The molecule has 1 aliphatic rings. The van der Waals surface area contributed by atoms with E-state index in [2.05, 4.69) is 35.6 Å². The highest BCUT2D eigenvalue weighted by molar-refractivity contribution is 5.03. The first-order valence-corrected chi connectivity index (χ1v) is 6.94. The van der Waals surface area contributed by atoms with Crippen LogP contribution < -0.4 is 5.32 Å². The highest BCUT2D eigenvalue weighted by Gasteiger charge is 2.34. The lowest BCUT2D eigenvalue weighted by molar-refractivity contribution is 0.170. The second kappa shape index (κ2) is 5.85. The second-order valence-electron chi connectivity index (χ2n) is 5.93. The lowest BCUT2D eigenvalue weighted by Crippen LogP contribution is -2.40. The average molecular weight is 250 g/mol. The monoisotopic (exact) mass is 250 g/mol. The topological polar surface area (TPSA) is 33.1 Å². The largest absolute Gasteiger partial charge is 0.319 e. The van der Waals surface area contributed by atoms with E-state index < -0.39 is 0 Å². The minimum Gasteiger partial charge on any atom is -0.319 e. The molecule has 0 saturated heterocycles. The van der Waals surface area contributed by atoms with Crippen molar-refractivity contribution in [1.82, 2.24) is 20.0 Å². The molecule has 1 N–H and O–H groups in total. The Labute approximate surface area is 110 Å². The van der Waals surface area contributed by atoms with Crippen molar-refractivity contribution < 1.29 is 0 Å². The first-order chi connectivity index (χ1) is 8.63. The molecule has 18 heavy (non-hydrogen) atoms. The SMILES string of the molecule is CNCC1(CN(C)Cc2cnn(C)c2)CCCC1. The molecule has 1 heterocycles. The molecular formula is C14H26N4. The Balaban J connectivity index is 1.90. The fourth-order valence-corrected chi connectivity index (χ4v) is 3.38. The van der Waals surface area contributed by atoms with E-state index in [-0.39, 0.29) is 0 Å². The van der Waals surface area contributed by atoms with Gasteiger partial charge in [-0.25, -0.2) is 0 Å². The van der Waals surface area contributed by atoms with Crippen molar-refractivity contribution in [3.63, 3.8) is 0 Å². The van der Waals surface area contributed by atoms with Crippen molar-refractivity contribution in [2.75, 3.05) is 27.2 Å². The lowest BCUT2D eigenvalue weighted by atomic mass is 9.85. The Morgan fingerprint density at radius 1 is 1.44 bits per heavy atom. The number of aryl methyl sites for hydroxylation is 1. The van der Waals surface area contributed by atoms with Gasteiger partial charge in [-0.15, -0.1) is 0 Å². The summed E-state index contributed by atoms with van der Waals surface area (Å²) in [6.45, 7) is 3.33. The van der Waals surface area contributed by atoms with Gasteiger partial charge >= 0.3 is 0 Å². The molecule has 1 saturated carbocycles. The highest BCUT2D eigenvalue weighted by atomic mass is 15.2. The molecule has 0 aliphatic heterocycles. The van der Waals surface area contributed by atoms with E-state index in [9.17, 15) is 0 Å². The van der Waals surface area contributed by atoms with Crippen LogP contribution in [0.25, 0.3) is 0 Å². The molecule has 0 bridgehead atoms. The number of hydrogen-bond donors (Lipinski definition) is 1. The molecule has 0 radical (unpaired) electrons.